The van der Waals surface area contributed by atoms with E-state index in [-0.39, 0.29) is 11.7 Å². The Morgan fingerprint density at radius 3 is 2.85 bits per heavy atom. The Hall–Kier alpha value is -2.30. The fraction of sp³-hybridized carbons (Fsp3) is 0.333. The molecule has 2 rings (SSSR count). The van der Waals surface area contributed by atoms with Crippen molar-refractivity contribution in [2.45, 2.75) is 26.7 Å². The number of aromatic amines is 1. The molecule has 0 fully saturated rings. The number of nitrogens with one attached hydrogen (secondary N) is 2. The van der Waals surface area contributed by atoms with Gasteiger partial charge in [-0.25, -0.2) is 0 Å². The lowest BCUT2D eigenvalue weighted by atomic mass is 10.1. The average Bonchev–Trinajstić information content (AvgIpc) is 2.83. The molecule has 0 spiro atoms. The number of amides is 1. The fourth-order valence-corrected chi connectivity index (χ4v) is 2.01. The Kier molecular flexibility index (Phi) is 4.40. The molecule has 0 saturated carbocycles. The van der Waals surface area contributed by atoms with Gasteiger partial charge in [-0.1, -0.05) is 0 Å². The summed E-state index contributed by atoms with van der Waals surface area (Å²) in [4.78, 5) is 11.9. The third kappa shape index (κ3) is 3.38. The highest BCUT2D eigenvalue weighted by molar-refractivity contribution is 5.94. The minimum absolute atomic E-state index is 0.114. The van der Waals surface area contributed by atoms with E-state index in [0.717, 1.165) is 18.5 Å². The van der Waals surface area contributed by atoms with Crippen LogP contribution < -0.4 is 5.32 Å². The van der Waals surface area contributed by atoms with Gasteiger partial charge in [0.05, 0.1) is 6.20 Å². The standard InChI is InChI=1S/C15H19N3O2/c1-10-8-12(5-6-14(10)19)15(20)16-7-3-4-13-9-17-18-11(13)2/h5-6,8-9,19H,3-4,7H2,1-2H3,(H,16,20)(H,17,18). The number of nitrogens with zero attached hydrogens (tertiary/aromatic N) is 1. The van der Waals surface area contributed by atoms with Gasteiger partial charge in [-0.3, -0.25) is 9.89 Å². The molecule has 1 amide bonds. The number of hydrogen-bond donors (Lipinski definition) is 3. The zero-order chi connectivity index (χ0) is 14.5. The third-order valence-corrected chi connectivity index (χ3v) is 3.30. The van der Waals surface area contributed by atoms with Crippen LogP contribution in [0.15, 0.2) is 24.4 Å². The van der Waals surface area contributed by atoms with Crippen molar-refractivity contribution in [2.75, 3.05) is 6.54 Å². The number of phenols is 1. The maximum Gasteiger partial charge on any atom is 0.251 e. The zero-order valence-electron chi connectivity index (χ0n) is 11.7. The predicted octanol–water partition coefficient (Wildman–Crippen LogP) is 2.09. The normalized spacial score (nSPS) is 10.5. The second kappa shape index (κ2) is 6.23. The Labute approximate surface area is 118 Å². The van der Waals surface area contributed by atoms with Crippen LogP contribution in [0.25, 0.3) is 0 Å². The molecule has 3 N–H and O–H groups in total. The van der Waals surface area contributed by atoms with E-state index in [2.05, 4.69) is 15.5 Å². The number of benzene rings is 1. The van der Waals surface area contributed by atoms with Gasteiger partial charge in [0.2, 0.25) is 0 Å². The molecule has 0 aliphatic heterocycles. The van der Waals surface area contributed by atoms with E-state index in [1.807, 2.05) is 13.1 Å². The van der Waals surface area contributed by atoms with Gasteiger partial charge in [0.15, 0.2) is 0 Å². The zero-order valence-corrected chi connectivity index (χ0v) is 11.7. The van der Waals surface area contributed by atoms with Gasteiger partial charge < -0.3 is 10.4 Å². The Balaban J connectivity index is 1.80. The molecule has 2 aromatic rings. The van der Waals surface area contributed by atoms with Crippen LogP contribution in [0.5, 0.6) is 5.75 Å². The summed E-state index contributed by atoms with van der Waals surface area (Å²) in [6, 6.07) is 4.85. The molecule has 5 nitrogen and oxygen atoms in total. The monoisotopic (exact) mass is 273 g/mol. The molecule has 0 aliphatic carbocycles. The molecule has 1 heterocycles. The maximum atomic E-state index is 11.9. The fourth-order valence-electron chi connectivity index (χ4n) is 2.01. The maximum absolute atomic E-state index is 11.9. The smallest absolute Gasteiger partial charge is 0.251 e. The van der Waals surface area contributed by atoms with Crippen molar-refractivity contribution in [3.8, 4) is 5.75 Å². The number of aromatic nitrogens is 2. The van der Waals surface area contributed by atoms with E-state index in [0.29, 0.717) is 17.7 Å². The largest absolute Gasteiger partial charge is 0.508 e. The number of aromatic hydroxyl groups is 1. The summed E-state index contributed by atoms with van der Waals surface area (Å²) in [6.07, 6.45) is 3.57. The highest BCUT2D eigenvalue weighted by Gasteiger charge is 2.07. The summed E-state index contributed by atoms with van der Waals surface area (Å²) in [5.41, 5.74) is 3.52. The summed E-state index contributed by atoms with van der Waals surface area (Å²) in [5.74, 6) is 0.0917. The second-order valence-corrected chi connectivity index (χ2v) is 4.88. The number of carbonyl (C=O) groups excluding carboxylic acids is 1. The lowest BCUT2D eigenvalue weighted by molar-refractivity contribution is 0.0953. The van der Waals surface area contributed by atoms with E-state index in [9.17, 15) is 9.90 Å². The number of hydrogen-bond acceptors (Lipinski definition) is 3. The Morgan fingerprint density at radius 2 is 2.20 bits per heavy atom. The van der Waals surface area contributed by atoms with Gasteiger partial charge in [0.25, 0.3) is 5.91 Å². The van der Waals surface area contributed by atoms with Crippen LogP contribution in [0.1, 0.15) is 33.6 Å². The van der Waals surface area contributed by atoms with Crippen molar-refractivity contribution in [2.24, 2.45) is 0 Å². The van der Waals surface area contributed by atoms with Crippen LogP contribution in [0, 0.1) is 13.8 Å². The molecule has 5 heteroatoms. The number of aryl methyl sites for hydroxylation is 3. The molecular weight excluding hydrogens is 254 g/mol. The first-order valence-corrected chi connectivity index (χ1v) is 6.64. The first-order chi connectivity index (χ1) is 9.58. The van der Waals surface area contributed by atoms with Crippen molar-refractivity contribution in [3.05, 3.63) is 46.8 Å². The first-order valence-electron chi connectivity index (χ1n) is 6.64. The second-order valence-electron chi connectivity index (χ2n) is 4.88. The van der Waals surface area contributed by atoms with Gasteiger partial charge in [-0.05, 0) is 56.0 Å². The summed E-state index contributed by atoms with van der Waals surface area (Å²) in [5, 5.41) is 19.2. The topological polar surface area (TPSA) is 78.0 Å². The molecular formula is C15H19N3O2. The summed E-state index contributed by atoms with van der Waals surface area (Å²) < 4.78 is 0. The van der Waals surface area contributed by atoms with E-state index in [4.69, 9.17) is 0 Å². The average molecular weight is 273 g/mol. The summed E-state index contributed by atoms with van der Waals surface area (Å²) in [6.45, 7) is 4.37. The minimum Gasteiger partial charge on any atom is -0.508 e. The minimum atomic E-state index is -0.114. The van der Waals surface area contributed by atoms with Crippen molar-refractivity contribution in [1.82, 2.24) is 15.5 Å². The van der Waals surface area contributed by atoms with Crippen molar-refractivity contribution in [3.63, 3.8) is 0 Å². The van der Waals surface area contributed by atoms with Gasteiger partial charge in [0, 0.05) is 17.8 Å². The molecule has 1 aromatic heterocycles. The van der Waals surface area contributed by atoms with E-state index in [1.54, 1.807) is 25.1 Å². The van der Waals surface area contributed by atoms with Crippen LogP contribution in [0.4, 0.5) is 0 Å². The van der Waals surface area contributed by atoms with E-state index in [1.165, 1.54) is 5.56 Å². The molecule has 106 valence electrons. The number of H-pyrrole nitrogens is 1. The predicted molar refractivity (Wildman–Crippen MR) is 76.8 cm³/mol. The van der Waals surface area contributed by atoms with Gasteiger partial charge >= 0.3 is 0 Å². The number of carbonyl (C=O) groups is 1. The molecule has 1 aromatic carbocycles. The number of phenolic OH excluding ortho intramolecular Hbond substituents is 1. The Bertz CT molecular complexity index is 605. The lowest BCUT2D eigenvalue weighted by Gasteiger charge is -2.06. The van der Waals surface area contributed by atoms with Crippen LogP contribution in [-0.2, 0) is 6.42 Å². The molecule has 0 atom stereocenters. The molecule has 20 heavy (non-hydrogen) atoms. The van der Waals surface area contributed by atoms with Gasteiger partial charge in [-0.2, -0.15) is 5.10 Å². The molecule has 0 aliphatic rings. The highest BCUT2D eigenvalue weighted by Crippen LogP contribution is 2.16. The SMILES string of the molecule is Cc1cc(C(=O)NCCCc2cn[nH]c2C)ccc1O. The Morgan fingerprint density at radius 1 is 1.40 bits per heavy atom. The summed E-state index contributed by atoms with van der Waals surface area (Å²) >= 11 is 0. The van der Waals surface area contributed by atoms with Gasteiger partial charge in [0.1, 0.15) is 5.75 Å². The number of rotatable bonds is 5. The van der Waals surface area contributed by atoms with Crippen molar-refractivity contribution < 1.29 is 9.90 Å². The third-order valence-electron chi connectivity index (χ3n) is 3.30. The van der Waals surface area contributed by atoms with E-state index >= 15 is 0 Å². The summed E-state index contributed by atoms with van der Waals surface area (Å²) in [7, 11) is 0. The molecule has 0 radical (unpaired) electrons. The van der Waals surface area contributed by atoms with Crippen molar-refractivity contribution in [1.29, 1.82) is 0 Å². The highest BCUT2D eigenvalue weighted by atomic mass is 16.3. The lowest BCUT2D eigenvalue weighted by Crippen LogP contribution is -2.24. The molecule has 0 bridgehead atoms. The van der Waals surface area contributed by atoms with Crippen molar-refractivity contribution >= 4 is 5.91 Å². The van der Waals surface area contributed by atoms with Crippen LogP contribution in [0.2, 0.25) is 0 Å². The van der Waals surface area contributed by atoms with Crippen LogP contribution in [-0.4, -0.2) is 27.8 Å². The van der Waals surface area contributed by atoms with Gasteiger partial charge in [-0.15, -0.1) is 0 Å². The molecule has 0 unspecified atom stereocenters. The molecule has 0 saturated heterocycles. The first kappa shape index (κ1) is 14.1. The quantitative estimate of drug-likeness (QED) is 0.730. The van der Waals surface area contributed by atoms with Crippen LogP contribution in [0.3, 0.4) is 0 Å². The van der Waals surface area contributed by atoms with Crippen LogP contribution >= 0.6 is 0 Å². The van der Waals surface area contributed by atoms with E-state index < -0.39 is 0 Å².